The van der Waals surface area contributed by atoms with E-state index in [1.54, 1.807) is 6.08 Å². The summed E-state index contributed by atoms with van der Waals surface area (Å²) in [5.41, 5.74) is 0. The highest BCUT2D eigenvalue weighted by atomic mass is 32.2. The highest BCUT2D eigenvalue weighted by molar-refractivity contribution is 8.17. The van der Waals surface area contributed by atoms with Crippen LogP contribution in [0.25, 0.3) is 0 Å². The first-order chi connectivity index (χ1) is 4.68. The molecule has 1 aliphatic heterocycles. The summed E-state index contributed by atoms with van der Waals surface area (Å²) in [6.07, 6.45) is 2.94. The minimum atomic E-state index is -1.47. The molecular weight excluding hydrogens is 151 g/mol. The number of hydrogen-bond acceptors (Lipinski definition) is 4. The van der Waals surface area contributed by atoms with Gasteiger partial charge in [-0.1, -0.05) is 0 Å². The summed E-state index contributed by atoms with van der Waals surface area (Å²) in [6, 6.07) is 0. The average molecular weight is 156 g/mol. The highest BCUT2D eigenvalue weighted by Crippen LogP contribution is 2.24. The van der Waals surface area contributed by atoms with Gasteiger partial charge in [-0.05, 0) is 29.9 Å². The van der Waals surface area contributed by atoms with Crippen LogP contribution in [0.4, 0.5) is 0 Å². The van der Waals surface area contributed by atoms with Gasteiger partial charge in [0.15, 0.2) is 0 Å². The minimum Gasteiger partial charge on any atom is -0.424 e. The molecule has 0 fully saturated rings. The summed E-state index contributed by atoms with van der Waals surface area (Å²) in [7, 11) is -1.47. The largest absolute Gasteiger partial charge is 0.481 e. The Morgan fingerprint density at radius 1 is 1.50 bits per heavy atom. The number of thioether (sulfide) groups is 1. The molecule has 1 rings (SSSR count). The summed E-state index contributed by atoms with van der Waals surface area (Å²) in [5, 5.41) is 16.8. The van der Waals surface area contributed by atoms with Gasteiger partial charge in [-0.3, -0.25) is 4.79 Å². The predicted molar refractivity (Wildman–Crippen MR) is 40.0 cm³/mol. The van der Waals surface area contributed by atoms with Crippen LogP contribution in [0.15, 0.2) is 23.0 Å². The van der Waals surface area contributed by atoms with E-state index >= 15 is 0 Å². The molecule has 52 valence electrons. The van der Waals surface area contributed by atoms with E-state index in [0.717, 1.165) is 11.8 Å². The minimum absolute atomic E-state index is 0.0769. The molecule has 0 amide bonds. The lowest BCUT2D eigenvalue weighted by Gasteiger charge is -1.89. The maximum atomic E-state index is 10.5. The molecule has 0 aromatic heterocycles. The van der Waals surface area contributed by atoms with Gasteiger partial charge in [0.25, 0.3) is 0 Å². The Balaban J connectivity index is 2.62. The molecule has 0 spiro atoms. The second-order valence-electron chi connectivity index (χ2n) is 1.74. The zero-order valence-electron chi connectivity index (χ0n) is 5.02. The number of rotatable bonds is 1. The van der Waals surface area contributed by atoms with Crippen LogP contribution in [0, 0.1) is 0 Å². The monoisotopic (exact) mass is 156 g/mol. The van der Waals surface area contributed by atoms with Crippen molar-refractivity contribution < 1.29 is 14.8 Å². The molecule has 1 heterocycles. The van der Waals surface area contributed by atoms with Gasteiger partial charge in [0, 0.05) is 4.91 Å². The summed E-state index contributed by atoms with van der Waals surface area (Å²) in [6.45, 7) is 0. The van der Waals surface area contributed by atoms with E-state index in [-0.39, 0.29) is 5.12 Å². The van der Waals surface area contributed by atoms with Gasteiger partial charge < -0.3 is 10.0 Å². The Kier molecular flexibility index (Phi) is 2.31. The molecule has 0 bridgehead atoms. The lowest BCUT2D eigenvalue weighted by atomic mass is 9.92. The van der Waals surface area contributed by atoms with E-state index in [2.05, 4.69) is 0 Å². The van der Waals surface area contributed by atoms with Crippen LogP contribution in [0.3, 0.4) is 0 Å². The molecule has 0 saturated heterocycles. The van der Waals surface area contributed by atoms with Gasteiger partial charge >= 0.3 is 7.12 Å². The molecule has 0 radical (unpaired) electrons. The topological polar surface area (TPSA) is 57.5 Å². The summed E-state index contributed by atoms with van der Waals surface area (Å²) in [5.74, 6) is 1.20. The van der Waals surface area contributed by atoms with Gasteiger partial charge in [-0.25, -0.2) is 0 Å². The van der Waals surface area contributed by atoms with E-state index in [1.165, 1.54) is 12.1 Å². The highest BCUT2D eigenvalue weighted by Gasteiger charge is 2.11. The third kappa shape index (κ3) is 2.02. The maximum absolute atomic E-state index is 10.5. The lowest BCUT2D eigenvalue weighted by Crippen LogP contribution is -2.06. The summed E-state index contributed by atoms with van der Waals surface area (Å²) < 4.78 is 0. The first-order valence-electron chi connectivity index (χ1n) is 2.66. The van der Waals surface area contributed by atoms with Crippen molar-refractivity contribution in [3.8, 4) is 0 Å². The Morgan fingerprint density at radius 3 is 2.60 bits per heavy atom. The molecule has 10 heavy (non-hydrogen) atoms. The molecule has 0 atom stereocenters. The first kappa shape index (κ1) is 7.59. The molecule has 0 aliphatic carbocycles. The zero-order chi connectivity index (χ0) is 7.56. The van der Waals surface area contributed by atoms with Crippen LogP contribution in [0.1, 0.15) is 0 Å². The fourth-order valence-corrected chi connectivity index (χ4v) is 1.27. The Bertz CT molecular complexity index is 209. The van der Waals surface area contributed by atoms with Crippen LogP contribution in [-0.2, 0) is 4.79 Å². The fraction of sp³-hybridized carbons (Fsp3) is 0. The van der Waals surface area contributed by atoms with E-state index < -0.39 is 7.12 Å². The van der Waals surface area contributed by atoms with Crippen molar-refractivity contribution in [3.05, 3.63) is 23.0 Å². The SMILES string of the molecule is O=C1C=CC(=CB(O)O)S1. The fourth-order valence-electron chi connectivity index (χ4n) is 0.571. The van der Waals surface area contributed by atoms with Crippen LogP contribution < -0.4 is 0 Å². The van der Waals surface area contributed by atoms with Crippen molar-refractivity contribution in [1.29, 1.82) is 0 Å². The lowest BCUT2D eigenvalue weighted by molar-refractivity contribution is -0.106. The standard InChI is InChI=1S/C5H5BO3S/c7-5-2-1-4(10-5)3-6(8)9/h1-3,8-9H. The smallest absolute Gasteiger partial charge is 0.424 e. The first-order valence-corrected chi connectivity index (χ1v) is 3.48. The van der Waals surface area contributed by atoms with E-state index in [0.29, 0.717) is 4.91 Å². The number of hydrogen-bond donors (Lipinski definition) is 2. The van der Waals surface area contributed by atoms with Crippen molar-refractivity contribution in [2.75, 3.05) is 0 Å². The number of carbonyl (C=O) groups is 1. The van der Waals surface area contributed by atoms with Crippen molar-refractivity contribution in [1.82, 2.24) is 0 Å². The molecule has 3 nitrogen and oxygen atoms in total. The molecule has 0 saturated carbocycles. The van der Waals surface area contributed by atoms with Crippen molar-refractivity contribution >= 4 is 24.0 Å². The average Bonchev–Trinajstić information content (AvgIpc) is 2.13. The van der Waals surface area contributed by atoms with Crippen LogP contribution >= 0.6 is 11.8 Å². The second kappa shape index (κ2) is 3.05. The van der Waals surface area contributed by atoms with Gasteiger partial charge in [-0.2, -0.15) is 0 Å². The predicted octanol–water partition coefficient (Wildman–Crippen LogP) is -0.288. The maximum Gasteiger partial charge on any atom is 0.481 e. The molecule has 0 aromatic carbocycles. The van der Waals surface area contributed by atoms with Crippen molar-refractivity contribution in [2.45, 2.75) is 0 Å². The molecule has 2 N–H and O–H groups in total. The van der Waals surface area contributed by atoms with Gasteiger partial charge in [0.1, 0.15) is 0 Å². The Hall–Kier alpha value is -0.515. The van der Waals surface area contributed by atoms with Crippen LogP contribution in [0.2, 0.25) is 0 Å². The molecule has 5 heteroatoms. The third-order valence-corrected chi connectivity index (χ3v) is 1.76. The summed E-state index contributed by atoms with van der Waals surface area (Å²) >= 11 is 0.985. The van der Waals surface area contributed by atoms with Crippen LogP contribution in [-0.4, -0.2) is 22.3 Å². The zero-order valence-corrected chi connectivity index (χ0v) is 5.84. The molecule has 1 aliphatic rings. The van der Waals surface area contributed by atoms with Crippen molar-refractivity contribution in [3.63, 3.8) is 0 Å². The Morgan fingerprint density at radius 2 is 2.20 bits per heavy atom. The molecule has 0 aromatic rings. The number of allylic oxidation sites excluding steroid dienone is 1. The second-order valence-corrected chi connectivity index (χ2v) is 2.81. The van der Waals surface area contributed by atoms with E-state index in [9.17, 15) is 4.79 Å². The Labute approximate surface area is 62.6 Å². The van der Waals surface area contributed by atoms with Crippen LogP contribution in [0.5, 0.6) is 0 Å². The van der Waals surface area contributed by atoms with Crippen molar-refractivity contribution in [2.24, 2.45) is 0 Å². The normalized spacial score (nSPS) is 20.6. The van der Waals surface area contributed by atoms with Gasteiger partial charge in [0.2, 0.25) is 5.12 Å². The molecular formula is C5H5BO3S. The molecule has 0 unspecified atom stereocenters. The number of carbonyl (C=O) groups excluding carboxylic acids is 1. The quantitative estimate of drug-likeness (QED) is 0.512. The summed E-state index contributed by atoms with van der Waals surface area (Å²) in [4.78, 5) is 11.1. The van der Waals surface area contributed by atoms with E-state index in [4.69, 9.17) is 10.0 Å². The third-order valence-electron chi connectivity index (χ3n) is 0.915. The van der Waals surface area contributed by atoms with Gasteiger partial charge in [-0.15, -0.1) is 0 Å². The van der Waals surface area contributed by atoms with Gasteiger partial charge in [0.05, 0.1) is 0 Å². The van der Waals surface area contributed by atoms with E-state index in [1.807, 2.05) is 0 Å².